The molecule has 12 heteroatoms. The topological polar surface area (TPSA) is 138 Å². The van der Waals surface area contributed by atoms with E-state index in [0.717, 1.165) is 40.2 Å². The van der Waals surface area contributed by atoms with Crippen LogP contribution in [0.4, 0.5) is 5.82 Å². The van der Waals surface area contributed by atoms with Gasteiger partial charge in [0.2, 0.25) is 15.9 Å². The average molecular weight is 729 g/mol. The SMILES string of the molecule is CN(CCc1ccccc1)C(=O)Cn1cc(C=C[C@@H](O)NS(=O)(=O)c2ccc(N=NCc3ccccc3)nc2)c2cc(OCc3ccccc3)ccc21. The number of aliphatic hydroxyl groups is 1. The number of aliphatic hydroxyl groups excluding tert-OH is 1. The van der Waals surface area contributed by atoms with Gasteiger partial charge in [-0.05, 0) is 65.1 Å². The zero-order chi connectivity index (χ0) is 37.0. The lowest BCUT2D eigenvalue weighted by Crippen LogP contribution is -2.33. The molecule has 0 radical (unpaired) electrons. The number of nitrogens with zero attached hydrogens (tertiary/aromatic N) is 5. The van der Waals surface area contributed by atoms with Crippen LogP contribution in [0.25, 0.3) is 17.0 Å². The second kappa shape index (κ2) is 17.5. The molecule has 1 amide bonds. The molecule has 270 valence electrons. The molecule has 0 unspecified atom stereocenters. The van der Waals surface area contributed by atoms with E-state index < -0.39 is 16.3 Å². The van der Waals surface area contributed by atoms with Gasteiger partial charge in [0.1, 0.15) is 30.0 Å². The predicted molar refractivity (Wildman–Crippen MR) is 205 cm³/mol. The molecule has 0 spiro atoms. The maximum atomic E-state index is 13.3. The fourth-order valence-corrected chi connectivity index (χ4v) is 6.53. The molecule has 0 saturated carbocycles. The number of benzene rings is 4. The zero-order valence-electron chi connectivity index (χ0n) is 29.2. The summed E-state index contributed by atoms with van der Waals surface area (Å²) in [5.74, 6) is 0.810. The van der Waals surface area contributed by atoms with Crippen molar-refractivity contribution in [2.75, 3.05) is 13.6 Å². The number of carbonyl (C=O) groups is 1. The second-order valence-electron chi connectivity index (χ2n) is 12.4. The molecular formula is C41H40N6O5S. The fourth-order valence-electron chi connectivity index (χ4n) is 5.56. The van der Waals surface area contributed by atoms with Crippen LogP contribution < -0.4 is 9.46 Å². The molecule has 11 nitrogen and oxygen atoms in total. The number of carbonyl (C=O) groups excluding carboxylic acids is 1. The summed E-state index contributed by atoms with van der Waals surface area (Å²) in [6.07, 6.45) is 5.09. The van der Waals surface area contributed by atoms with Crippen LogP contribution >= 0.6 is 0 Å². The maximum absolute atomic E-state index is 13.3. The number of fused-ring (bicyclic) bond motifs is 1. The Morgan fingerprint density at radius 2 is 1.60 bits per heavy atom. The highest BCUT2D eigenvalue weighted by Crippen LogP contribution is 2.28. The molecule has 0 aliphatic rings. The number of rotatable bonds is 16. The molecule has 2 N–H and O–H groups in total. The Balaban J connectivity index is 1.15. The highest BCUT2D eigenvalue weighted by atomic mass is 32.2. The number of azo groups is 1. The lowest BCUT2D eigenvalue weighted by atomic mass is 10.1. The highest BCUT2D eigenvalue weighted by Gasteiger charge is 2.19. The molecule has 0 aliphatic carbocycles. The molecular weight excluding hydrogens is 689 g/mol. The van der Waals surface area contributed by atoms with Gasteiger partial charge in [0.05, 0.1) is 6.54 Å². The van der Waals surface area contributed by atoms with Crippen molar-refractivity contribution < 1.29 is 23.1 Å². The van der Waals surface area contributed by atoms with Crippen molar-refractivity contribution in [1.82, 2.24) is 19.2 Å². The smallest absolute Gasteiger partial charge is 0.244 e. The molecule has 2 aromatic heterocycles. The summed E-state index contributed by atoms with van der Waals surface area (Å²) >= 11 is 0. The third kappa shape index (κ3) is 10.3. The van der Waals surface area contributed by atoms with Gasteiger partial charge in [0.15, 0.2) is 5.82 Å². The molecule has 0 fully saturated rings. The molecule has 2 heterocycles. The number of nitrogens with one attached hydrogen (secondary N) is 1. The molecule has 0 bridgehead atoms. The summed E-state index contributed by atoms with van der Waals surface area (Å²) in [6.45, 7) is 1.39. The number of amides is 1. The molecule has 53 heavy (non-hydrogen) atoms. The van der Waals surface area contributed by atoms with E-state index in [1.165, 1.54) is 18.2 Å². The third-order valence-corrected chi connectivity index (χ3v) is 9.89. The van der Waals surface area contributed by atoms with Gasteiger partial charge in [-0.3, -0.25) is 4.79 Å². The molecule has 0 aliphatic heterocycles. The number of hydrogen-bond acceptors (Lipinski definition) is 8. The number of aromatic nitrogens is 2. The molecule has 4 aromatic carbocycles. The molecule has 6 aromatic rings. The minimum atomic E-state index is -4.13. The van der Waals surface area contributed by atoms with Crippen LogP contribution in [-0.2, 0) is 40.9 Å². The number of hydrogen-bond donors (Lipinski definition) is 2. The van der Waals surface area contributed by atoms with Crippen molar-refractivity contribution in [2.24, 2.45) is 10.2 Å². The van der Waals surface area contributed by atoms with Gasteiger partial charge in [0.25, 0.3) is 0 Å². The van der Waals surface area contributed by atoms with Gasteiger partial charge in [-0.15, -0.1) is 5.11 Å². The first-order chi connectivity index (χ1) is 25.7. The molecule has 6 rings (SSSR count). The summed E-state index contributed by atoms with van der Waals surface area (Å²) in [5, 5.41) is 19.7. The first-order valence-corrected chi connectivity index (χ1v) is 18.6. The van der Waals surface area contributed by atoms with E-state index in [9.17, 15) is 18.3 Å². The van der Waals surface area contributed by atoms with E-state index >= 15 is 0 Å². The Labute approximate surface area is 309 Å². The quantitative estimate of drug-likeness (QED) is 0.0821. The fraction of sp³-hybridized carbons (Fsp3) is 0.171. The van der Waals surface area contributed by atoms with E-state index in [0.29, 0.717) is 31.0 Å². The van der Waals surface area contributed by atoms with Gasteiger partial charge in [-0.25, -0.2) is 13.4 Å². The van der Waals surface area contributed by atoms with Gasteiger partial charge >= 0.3 is 0 Å². The van der Waals surface area contributed by atoms with Crippen molar-refractivity contribution in [2.45, 2.75) is 37.2 Å². The van der Waals surface area contributed by atoms with Crippen LogP contribution in [0, 0.1) is 0 Å². The van der Waals surface area contributed by atoms with Crippen molar-refractivity contribution >= 4 is 38.7 Å². The molecule has 1 atom stereocenters. The largest absolute Gasteiger partial charge is 0.489 e. The Hall–Kier alpha value is -5.95. The minimum absolute atomic E-state index is 0.0668. The van der Waals surface area contributed by atoms with E-state index in [2.05, 4.69) is 19.9 Å². The van der Waals surface area contributed by atoms with Crippen LogP contribution in [0.2, 0.25) is 0 Å². The first-order valence-electron chi connectivity index (χ1n) is 17.1. The summed E-state index contributed by atoms with van der Waals surface area (Å²) < 4.78 is 36.3. The van der Waals surface area contributed by atoms with Gasteiger partial charge in [-0.1, -0.05) is 97.1 Å². The second-order valence-corrected chi connectivity index (χ2v) is 14.1. The normalized spacial score (nSPS) is 12.4. The van der Waals surface area contributed by atoms with Crippen LogP contribution in [0.3, 0.4) is 0 Å². The zero-order valence-corrected chi connectivity index (χ0v) is 30.0. The number of sulfonamides is 1. The van der Waals surface area contributed by atoms with Crippen LogP contribution in [0.5, 0.6) is 5.75 Å². The van der Waals surface area contributed by atoms with Gasteiger partial charge < -0.3 is 19.3 Å². The summed E-state index contributed by atoms with van der Waals surface area (Å²) in [7, 11) is -2.35. The van der Waals surface area contributed by atoms with Gasteiger partial charge in [-0.2, -0.15) is 9.84 Å². The lowest BCUT2D eigenvalue weighted by molar-refractivity contribution is -0.130. The standard InChI is InChI=1S/C41H40N6O5S/c1-46(24-23-31-11-5-2-6-12-31)41(49)29-47-28-34(37-25-35(18-20-38(37)47)52-30-33-15-9-4-10-16-33)17-22-40(48)45-53(50,51)36-19-21-39(42-27-36)44-43-26-32-13-7-3-8-14-32/h2-22,25,27-28,40,45,48H,23-24,26,29-30H2,1H3/t40-/m1/s1. The summed E-state index contributed by atoms with van der Waals surface area (Å²) in [4.78, 5) is 19.0. The third-order valence-electron chi connectivity index (χ3n) is 8.48. The maximum Gasteiger partial charge on any atom is 0.244 e. The van der Waals surface area contributed by atoms with Crippen molar-refractivity contribution in [3.05, 3.63) is 162 Å². The highest BCUT2D eigenvalue weighted by molar-refractivity contribution is 7.89. The van der Waals surface area contributed by atoms with Crippen molar-refractivity contribution in [3.63, 3.8) is 0 Å². The Morgan fingerprint density at radius 3 is 2.28 bits per heavy atom. The Kier molecular flexibility index (Phi) is 12.2. The van der Waals surface area contributed by atoms with Crippen molar-refractivity contribution in [3.8, 4) is 5.75 Å². The van der Waals surface area contributed by atoms with E-state index in [-0.39, 0.29) is 23.2 Å². The van der Waals surface area contributed by atoms with E-state index in [1.54, 1.807) is 24.2 Å². The van der Waals surface area contributed by atoms with Crippen LogP contribution in [-0.4, -0.2) is 53.7 Å². The van der Waals surface area contributed by atoms with Crippen molar-refractivity contribution in [1.29, 1.82) is 0 Å². The van der Waals surface area contributed by atoms with E-state index in [4.69, 9.17) is 4.74 Å². The van der Waals surface area contributed by atoms with Crippen LogP contribution in [0.1, 0.15) is 22.3 Å². The summed E-state index contributed by atoms with van der Waals surface area (Å²) in [6, 6.07) is 37.8. The number of likely N-dealkylation sites (N-methyl/N-ethyl adjacent to an activating group) is 1. The summed E-state index contributed by atoms with van der Waals surface area (Å²) in [5.41, 5.74) is 4.59. The van der Waals surface area contributed by atoms with E-state index in [1.807, 2.05) is 114 Å². The number of pyridine rings is 1. The predicted octanol–water partition coefficient (Wildman–Crippen LogP) is 6.91. The minimum Gasteiger partial charge on any atom is -0.489 e. The van der Waals surface area contributed by atoms with Crippen LogP contribution in [0.15, 0.2) is 155 Å². The average Bonchev–Trinajstić information content (AvgIpc) is 3.52. The van der Waals surface area contributed by atoms with Gasteiger partial charge in [0, 0.05) is 36.9 Å². The molecule has 0 saturated heterocycles. The monoisotopic (exact) mass is 728 g/mol. The Morgan fingerprint density at radius 1 is 0.925 bits per heavy atom. The first kappa shape index (κ1) is 36.8. The lowest BCUT2D eigenvalue weighted by Gasteiger charge is -2.18. The Bertz CT molecular complexity index is 2280. The number of ether oxygens (including phenoxy) is 1.